The Balaban J connectivity index is 2.65. The molecule has 1 aromatic carbocycles. The predicted molar refractivity (Wildman–Crippen MR) is 91.1 cm³/mol. The molecular weight excluding hydrogens is 323 g/mol. The molecule has 0 aromatic heterocycles. The summed E-state index contributed by atoms with van der Waals surface area (Å²) in [6.45, 7) is 5.15. The van der Waals surface area contributed by atoms with E-state index in [4.69, 9.17) is 23.2 Å². The van der Waals surface area contributed by atoms with E-state index < -0.39 is 0 Å². The summed E-state index contributed by atoms with van der Waals surface area (Å²) in [5, 5.41) is 0.897. The van der Waals surface area contributed by atoms with Crippen molar-refractivity contribution in [2.45, 2.75) is 13.8 Å². The fourth-order valence-corrected chi connectivity index (χ4v) is 2.17. The van der Waals surface area contributed by atoms with Gasteiger partial charge in [-0.05, 0) is 37.6 Å². The largest absolute Gasteiger partial charge is 0.342 e. The Morgan fingerprint density at radius 2 is 1.77 bits per heavy atom. The fraction of sp³-hybridized carbons (Fsp3) is 0.375. The molecule has 120 valence electrons. The van der Waals surface area contributed by atoms with Crippen molar-refractivity contribution in [3.8, 4) is 0 Å². The van der Waals surface area contributed by atoms with Crippen LogP contribution in [0.25, 0.3) is 6.08 Å². The van der Waals surface area contributed by atoms with Crippen LogP contribution in [0.4, 0.5) is 0 Å². The Morgan fingerprint density at radius 3 is 2.32 bits per heavy atom. The van der Waals surface area contributed by atoms with Crippen molar-refractivity contribution >= 4 is 41.1 Å². The van der Waals surface area contributed by atoms with Gasteiger partial charge in [-0.2, -0.15) is 0 Å². The van der Waals surface area contributed by atoms with Crippen LogP contribution in [0.1, 0.15) is 19.4 Å². The maximum Gasteiger partial charge on any atom is 0.246 e. The lowest BCUT2D eigenvalue weighted by atomic mass is 10.2. The van der Waals surface area contributed by atoms with Crippen molar-refractivity contribution in [2.75, 3.05) is 26.7 Å². The van der Waals surface area contributed by atoms with Crippen LogP contribution >= 0.6 is 23.2 Å². The first-order valence-electron chi connectivity index (χ1n) is 7.05. The molecule has 0 fully saturated rings. The minimum atomic E-state index is -0.244. The van der Waals surface area contributed by atoms with E-state index in [1.807, 2.05) is 13.8 Å². The van der Waals surface area contributed by atoms with Crippen molar-refractivity contribution in [1.29, 1.82) is 0 Å². The van der Waals surface area contributed by atoms with Crippen molar-refractivity contribution in [1.82, 2.24) is 9.80 Å². The lowest BCUT2D eigenvalue weighted by molar-refractivity contribution is -0.136. The summed E-state index contributed by atoms with van der Waals surface area (Å²) in [5.74, 6) is -0.310. The number of carbonyl (C=O) groups excluding carboxylic acids is 2. The van der Waals surface area contributed by atoms with E-state index in [1.165, 1.54) is 11.0 Å². The second-order valence-corrected chi connectivity index (χ2v) is 5.58. The van der Waals surface area contributed by atoms with Crippen LogP contribution < -0.4 is 0 Å². The van der Waals surface area contributed by atoms with Gasteiger partial charge in [0.05, 0.1) is 16.6 Å². The third-order valence-corrected chi connectivity index (χ3v) is 3.97. The van der Waals surface area contributed by atoms with Crippen LogP contribution in [0.5, 0.6) is 0 Å². The molecule has 0 heterocycles. The molecule has 0 bridgehead atoms. The van der Waals surface area contributed by atoms with Gasteiger partial charge < -0.3 is 9.80 Å². The zero-order valence-corrected chi connectivity index (χ0v) is 14.5. The first-order valence-corrected chi connectivity index (χ1v) is 7.80. The van der Waals surface area contributed by atoms with E-state index >= 15 is 0 Å². The molecule has 2 amide bonds. The maximum absolute atomic E-state index is 12.0. The normalized spacial score (nSPS) is 10.8. The molecular formula is C16H20Cl2N2O2. The first-order chi connectivity index (χ1) is 10.4. The molecule has 0 radical (unpaired) electrons. The van der Waals surface area contributed by atoms with Crippen molar-refractivity contribution in [3.63, 3.8) is 0 Å². The summed E-state index contributed by atoms with van der Waals surface area (Å²) in [7, 11) is 1.60. The Morgan fingerprint density at radius 1 is 1.14 bits per heavy atom. The van der Waals surface area contributed by atoms with Crippen molar-refractivity contribution in [3.05, 3.63) is 39.9 Å². The van der Waals surface area contributed by atoms with Gasteiger partial charge in [-0.3, -0.25) is 9.59 Å². The molecule has 1 aromatic rings. The van der Waals surface area contributed by atoms with Gasteiger partial charge in [0.25, 0.3) is 0 Å². The monoisotopic (exact) mass is 342 g/mol. The molecule has 0 unspecified atom stereocenters. The van der Waals surface area contributed by atoms with Gasteiger partial charge >= 0.3 is 0 Å². The fourth-order valence-electron chi connectivity index (χ4n) is 1.87. The topological polar surface area (TPSA) is 40.6 Å². The van der Waals surface area contributed by atoms with Crippen LogP contribution in [-0.4, -0.2) is 48.3 Å². The number of carbonyl (C=O) groups is 2. The molecule has 0 spiro atoms. The molecule has 0 aliphatic carbocycles. The number of amides is 2. The average Bonchev–Trinajstić information content (AvgIpc) is 2.49. The lowest BCUT2D eigenvalue weighted by Gasteiger charge is -2.22. The minimum Gasteiger partial charge on any atom is -0.342 e. The second-order valence-electron chi connectivity index (χ2n) is 4.77. The van der Waals surface area contributed by atoms with E-state index in [0.717, 1.165) is 5.56 Å². The van der Waals surface area contributed by atoms with Gasteiger partial charge in [0.2, 0.25) is 11.8 Å². The highest BCUT2D eigenvalue weighted by molar-refractivity contribution is 6.42. The Kier molecular flexibility index (Phi) is 7.42. The van der Waals surface area contributed by atoms with E-state index in [0.29, 0.717) is 23.1 Å². The maximum atomic E-state index is 12.0. The summed E-state index contributed by atoms with van der Waals surface area (Å²) in [6, 6.07) is 5.11. The van der Waals surface area contributed by atoms with Gasteiger partial charge in [0.15, 0.2) is 0 Å². The number of halogens is 2. The zero-order valence-electron chi connectivity index (χ0n) is 13.0. The molecule has 6 heteroatoms. The van der Waals surface area contributed by atoms with E-state index in [2.05, 4.69) is 0 Å². The van der Waals surface area contributed by atoms with Gasteiger partial charge in [-0.15, -0.1) is 0 Å². The highest BCUT2D eigenvalue weighted by Gasteiger charge is 2.14. The molecule has 0 aliphatic heterocycles. The molecule has 0 aliphatic rings. The number of rotatable bonds is 6. The molecule has 4 nitrogen and oxygen atoms in total. The number of hydrogen-bond donors (Lipinski definition) is 0. The van der Waals surface area contributed by atoms with E-state index in [1.54, 1.807) is 36.2 Å². The van der Waals surface area contributed by atoms with Gasteiger partial charge in [0.1, 0.15) is 0 Å². The molecule has 0 saturated heterocycles. The Hall–Kier alpha value is -1.52. The number of benzene rings is 1. The average molecular weight is 343 g/mol. The first kappa shape index (κ1) is 18.5. The SMILES string of the molecule is CCN(CC)C(=O)CN(C)C(=O)/C=C/c1ccc(Cl)c(Cl)c1. The second kappa shape index (κ2) is 8.81. The van der Waals surface area contributed by atoms with Crippen LogP contribution in [0.15, 0.2) is 24.3 Å². The van der Waals surface area contributed by atoms with Crippen LogP contribution in [0.3, 0.4) is 0 Å². The smallest absolute Gasteiger partial charge is 0.246 e. The summed E-state index contributed by atoms with van der Waals surface area (Å²) in [5.41, 5.74) is 0.770. The Bertz CT molecular complexity index is 569. The lowest BCUT2D eigenvalue weighted by Crippen LogP contribution is -2.40. The zero-order chi connectivity index (χ0) is 16.7. The minimum absolute atomic E-state index is 0.0617. The van der Waals surface area contributed by atoms with Crippen molar-refractivity contribution < 1.29 is 9.59 Å². The Labute approximate surface area is 141 Å². The van der Waals surface area contributed by atoms with Crippen LogP contribution in [0, 0.1) is 0 Å². The van der Waals surface area contributed by atoms with E-state index in [9.17, 15) is 9.59 Å². The quantitative estimate of drug-likeness (QED) is 0.744. The number of nitrogens with zero attached hydrogens (tertiary/aromatic N) is 2. The standard InChI is InChI=1S/C16H20Cl2N2O2/c1-4-20(5-2)16(22)11-19(3)15(21)9-7-12-6-8-13(17)14(18)10-12/h6-10H,4-5,11H2,1-3H3/b9-7+. The molecule has 0 atom stereocenters. The van der Waals surface area contributed by atoms with Gasteiger partial charge in [-0.1, -0.05) is 29.3 Å². The summed E-state index contributed by atoms with van der Waals surface area (Å²) in [4.78, 5) is 27.0. The van der Waals surface area contributed by atoms with E-state index in [-0.39, 0.29) is 18.4 Å². The molecule has 0 N–H and O–H groups in total. The summed E-state index contributed by atoms with van der Waals surface area (Å²) < 4.78 is 0. The molecule has 1 rings (SSSR count). The van der Waals surface area contributed by atoms with Crippen molar-refractivity contribution in [2.24, 2.45) is 0 Å². The van der Waals surface area contributed by atoms with Gasteiger partial charge in [-0.25, -0.2) is 0 Å². The predicted octanol–water partition coefficient (Wildman–Crippen LogP) is 3.33. The third-order valence-electron chi connectivity index (χ3n) is 3.23. The van der Waals surface area contributed by atoms with Gasteiger partial charge in [0, 0.05) is 26.2 Å². The molecule has 22 heavy (non-hydrogen) atoms. The molecule has 0 saturated carbocycles. The number of hydrogen-bond acceptors (Lipinski definition) is 2. The van der Waals surface area contributed by atoms with Crippen LogP contribution in [-0.2, 0) is 9.59 Å². The highest BCUT2D eigenvalue weighted by atomic mass is 35.5. The van der Waals surface area contributed by atoms with Crippen LogP contribution in [0.2, 0.25) is 10.0 Å². The third kappa shape index (κ3) is 5.35. The summed E-state index contributed by atoms with van der Waals surface area (Å²) in [6.07, 6.45) is 3.05. The highest BCUT2D eigenvalue weighted by Crippen LogP contribution is 2.23. The number of likely N-dealkylation sites (N-methyl/N-ethyl adjacent to an activating group) is 2. The summed E-state index contributed by atoms with van der Waals surface area (Å²) >= 11 is 11.8.